The summed E-state index contributed by atoms with van der Waals surface area (Å²) in [6, 6.07) is 16.7. The van der Waals surface area contributed by atoms with Gasteiger partial charge >= 0.3 is 6.03 Å². The van der Waals surface area contributed by atoms with Crippen LogP contribution >= 0.6 is 31.9 Å². The fraction of sp³-hybridized carbons (Fsp3) is 0.316. The van der Waals surface area contributed by atoms with Crippen molar-refractivity contribution in [1.82, 2.24) is 0 Å². The third-order valence-electron chi connectivity index (χ3n) is 4.98. The third-order valence-corrected chi connectivity index (χ3v) is 6.04. The van der Waals surface area contributed by atoms with Gasteiger partial charge in [0.15, 0.2) is 0 Å². The van der Waals surface area contributed by atoms with Gasteiger partial charge in [0.05, 0.1) is 12.1 Å². The van der Waals surface area contributed by atoms with Crippen LogP contribution in [0.15, 0.2) is 57.5 Å². The lowest BCUT2D eigenvalue weighted by atomic mass is 9.90. The SMILES string of the molecule is O=C1N(c2ccc(Br)cc2)C2CCCCC2N1c1ccc(Br)cc1. The molecule has 2 amide bonds. The summed E-state index contributed by atoms with van der Waals surface area (Å²) in [7, 11) is 0. The maximum atomic E-state index is 13.3. The molecule has 2 atom stereocenters. The van der Waals surface area contributed by atoms with E-state index < -0.39 is 0 Å². The van der Waals surface area contributed by atoms with Crippen molar-refractivity contribution in [3.05, 3.63) is 57.5 Å². The lowest BCUT2D eigenvalue weighted by Crippen LogP contribution is -2.40. The second-order valence-electron chi connectivity index (χ2n) is 6.39. The molecule has 0 spiro atoms. The van der Waals surface area contributed by atoms with Crippen molar-refractivity contribution >= 4 is 49.3 Å². The first-order valence-electron chi connectivity index (χ1n) is 8.29. The highest BCUT2D eigenvalue weighted by Crippen LogP contribution is 2.40. The van der Waals surface area contributed by atoms with Crippen LogP contribution in [0.1, 0.15) is 25.7 Å². The van der Waals surface area contributed by atoms with Crippen LogP contribution in [0.4, 0.5) is 16.2 Å². The van der Waals surface area contributed by atoms with Crippen molar-refractivity contribution < 1.29 is 4.79 Å². The van der Waals surface area contributed by atoms with Gasteiger partial charge in [-0.2, -0.15) is 0 Å². The largest absolute Gasteiger partial charge is 0.329 e. The Morgan fingerprint density at radius 3 is 1.46 bits per heavy atom. The molecule has 3 nitrogen and oxygen atoms in total. The Hall–Kier alpha value is -1.33. The Balaban J connectivity index is 1.74. The Labute approximate surface area is 158 Å². The first-order valence-corrected chi connectivity index (χ1v) is 9.87. The van der Waals surface area contributed by atoms with Crippen molar-refractivity contribution in [3.63, 3.8) is 0 Å². The van der Waals surface area contributed by atoms with Gasteiger partial charge < -0.3 is 0 Å². The highest BCUT2D eigenvalue weighted by Gasteiger charge is 2.47. The van der Waals surface area contributed by atoms with Gasteiger partial charge in [-0.05, 0) is 61.4 Å². The highest BCUT2D eigenvalue weighted by molar-refractivity contribution is 9.10. The van der Waals surface area contributed by atoms with Gasteiger partial charge in [0.1, 0.15) is 0 Å². The number of hydrogen-bond acceptors (Lipinski definition) is 1. The van der Waals surface area contributed by atoms with Gasteiger partial charge in [-0.3, -0.25) is 9.80 Å². The first-order chi connectivity index (χ1) is 11.6. The van der Waals surface area contributed by atoms with E-state index in [9.17, 15) is 4.79 Å². The maximum absolute atomic E-state index is 13.3. The molecule has 1 heterocycles. The van der Waals surface area contributed by atoms with Gasteiger partial charge in [0.2, 0.25) is 0 Å². The molecule has 2 aromatic rings. The molecule has 0 aromatic heterocycles. The van der Waals surface area contributed by atoms with E-state index in [1.807, 2.05) is 58.3 Å². The van der Waals surface area contributed by atoms with Crippen molar-refractivity contribution in [3.8, 4) is 0 Å². The minimum absolute atomic E-state index is 0.0940. The molecule has 1 saturated carbocycles. The van der Waals surface area contributed by atoms with Crippen LogP contribution in [0.25, 0.3) is 0 Å². The van der Waals surface area contributed by atoms with E-state index >= 15 is 0 Å². The summed E-state index contributed by atoms with van der Waals surface area (Å²) in [6.07, 6.45) is 4.52. The van der Waals surface area contributed by atoms with Crippen molar-refractivity contribution in [2.45, 2.75) is 37.8 Å². The number of nitrogens with zero attached hydrogens (tertiary/aromatic N) is 2. The fourth-order valence-corrected chi connectivity index (χ4v) is 4.43. The molecule has 124 valence electrons. The lowest BCUT2D eigenvalue weighted by molar-refractivity contribution is 0.255. The second kappa shape index (κ2) is 6.52. The van der Waals surface area contributed by atoms with Gasteiger partial charge in [-0.15, -0.1) is 0 Å². The molecular formula is C19H18Br2N2O. The molecule has 2 aromatic carbocycles. The molecule has 2 aliphatic rings. The molecule has 1 aliphatic heterocycles. The van der Waals surface area contributed by atoms with E-state index in [-0.39, 0.29) is 18.1 Å². The third kappa shape index (κ3) is 2.78. The molecule has 24 heavy (non-hydrogen) atoms. The number of amides is 2. The van der Waals surface area contributed by atoms with Crippen molar-refractivity contribution in [2.75, 3.05) is 9.80 Å². The molecule has 4 rings (SSSR count). The average Bonchev–Trinajstić information content (AvgIpc) is 2.89. The Kier molecular flexibility index (Phi) is 4.39. The molecule has 0 bridgehead atoms. The van der Waals surface area contributed by atoms with Crippen LogP contribution in [-0.2, 0) is 0 Å². The molecule has 0 N–H and O–H groups in total. The normalized spacial score (nSPS) is 23.5. The van der Waals surface area contributed by atoms with E-state index in [0.29, 0.717) is 0 Å². The number of rotatable bonds is 2. The summed E-state index contributed by atoms with van der Waals surface area (Å²) < 4.78 is 2.06. The first kappa shape index (κ1) is 16.2. The number of anilines is 2. The smallest absolute Gasteiger partial charge is 0.289 e. The molecular weight excluding hydrogens is 432 g/mol. The van der Waals surface area contributed by atoms with E-state index in [4.69, 9.17) is 0 Å². The zero-order valence-corrected chi connectivity index (χ0v) is 16.3. The minimum Gasteiger partial charge on any atom is -0.289 e. The molecule has 2 fully saturated rings. The minimum atomic E-state index is 0.0940. The molecule has 0 radical (unpaired) electrons. The number of hydrogen-bond donors (Lipinski definition) is 0. The molecule has 5 heteroatoms. The fourth-order valence-electron chi connectivity index (χ4n) is 3.90. The standard InChI is InChI=1S/C19H18Br2N2O/c20-13-5-9-15(10-6-13)22-17-3-1-2-4-18(17)23(19(22)24)16-11-7-14(21)8-12-16/h5-12,17-18H,1-4H2. The van der Waals surface area contributed by atoms with Crippen molar-refractivity contribution in [2.24, 2.45) is 0 Å². The van der Waals surface area contributed by atoms with Crippen LogP contribution in [0.3, 0.4) is 0 Å². The average molecular weight is 450 g/mol. The summed E-state index contributed by atoms with van der Waals surface area (Å²) in [6.45, 7) is 0. The lowest BCUT2D eigenvalue weighted by Gasteiger charge is -2.31. The second-order valence-corrected chi connectivity index (χ2v) is 8.23. The number of carbonyl (C=O) groups excluding carboxylic acids is 1. The summed E-state index contributed by atoms with van der Waals surface area (Å²) in [5, 5.41) is 0. The van der Waals surface area contributed by atoms with E-state index in [1.54, 1.807) is 0 Å². The number of benzene rings is 2. The predicted molar refractivity (Wildman–Crippen MR) is 105 cm³/mol. The van der Waals surface area contributed by atoms with Gasteiger partial charge in [0.25, 0.3) is 0 Å². The van der Waals surface area contributed by atoms with Crippen molar-refractivity contribution in [1.29, 1.82) is 0 Å². The van der Waals surface area contributed by atoms with E-state index in [1.165, 1.54) is 12.8 Å². The number of halogens is 2. The van der Waals surface area contributed by atoms with Crippen LogP contribution in [0, 0.1) is 0 Å². The predicted octanol–water partition coefficient (Wildman–Crippen LogP) is 5.97. The zero-order valence-electron chi connectivity index (χ0n) is 13.2. The molecule has 2 unspecified atom stereocenters. The van der Waals surface area contributed by atoms with E-state index in [2.05, 4.69) is 31.9 Å². The van der Waals surface area contributed by atoms with Crippen LogP contribution < -0.4 is 9.80 Å². The highest BCUT2D eigenvalue weighted by atomic mass is 79.9. The Morgan fingerprint density at radius 1 is 0.708 bits per heavy atom. The topological polar surface area (TPSA) is 23.6 Å². The summed E-state index contributed by atoms with van der Waals surface area (Å²) in [5.41, 5.74) is 1.97. The quantitative estimate of drug-likeness (QED) is 0.553. The van der Waals surface area contributed by atoms with Gasteiger partial charge in [0, 0.05) is 20.3 Å². The summed E-state index contributed by atoms with van der Waals surface area (Å²) >= 11 is 6.95. The van der Waals surface area contributed by atoms with Crippen LogP contribution in [0.2, 0.25) is 0 Å². The maximum Gasteiger partial charge on any atom is 0.329 e. The van der Waals surface area contributed by atoms with E-state index in [0.717, 1.165) is 33.2 Å². The summed E-state index contributed by atoms with van der Waals surface area (Å²) in [4.78, 5) is 17.3. The summed E-state index contributed by atoms with van der Waals surface area (Å²) in [5.74, 6) is 0. The number of carbonyl (C=O) groups is 1. The Morgan fingerprint density at radius 2 is 1.08 bits per heavy atom. The van der Waals surface area contributed by atoms with Crippen LogP contribution in [-0.4, -0.2) is 18.1 Å². The van der Waals surface area contributed by atoms with Gasteiger partial charge in [-0.1, -0.05) is 44.7 Å². The molecule has 1 aliphatic carbocycles. The Bertz CT molecular complexity index is 681. The number of urea groups is 1. The monoisotopic (exact) mass is 448 g/mol. The van der Waals surface area contributed by atoms with Crippen LogP contribution in [0.5, 0.6) is 0 Å². The molecule has 1 saturated heterocycles. The zero-order chi connectivity index (χ0) is 16.7. The van der Waals surface area contributed by atoms with Gasteiger partial charge in [-0.25, -0.2) is 4.79 Å². The number of fused-ring (bicyclic) bond motifs is 1.